The second kappa shape index (κ2) is 4.83. The van der Waals surface area contributed by atoms with E-state index in [0.29, 0.717) is 22.4 Å². The van der Waals surface area contributed by atoms with Crippen LogP contribution < -0.4 is 5.73 Å². The molecule has 3 rings (SSSR count). The van der Waals surface area contributed by atoms with E-state index in [-0.39, 0.29) is 18.1 Å². The fraction of sp³-hybridized carbons (Fsp3) is 0.933. The molecular formula is C15H27N2O2+. The minimum atomic E-state index is -0.265. The number of likely N-dealkylation sites (N-methyl/N-ethyl adjacent to an activating group) is 1. The molecule has 3 aliphatic rings. The van der Waals surface area contributed by atoms with E-state index in [0.717, 1.165) is 32.4 Å². The van der Waals surface area contributed by atoms with E-state index >= 15 is 0 Å². The third-order valence-electron chi connectivity index (χ3n) is 5.76. The van der Waals surface area contributed by atoms with Gasteiger partial charge < -0.3 is 10.5 Å². The lowest BCUT2D eigenvalue weighted by Gasteiger charge is -2.35. The van der Waals surface area contributed by atoms with E-state index < -0.39 is 0 Å². The second-order valence-electron chi connectivity index (χ2n) is 7.03. The summed E-state index contributed by atoms with van der Waals surface area (Å²) in [6, 6.07) is 0.0778. The van der Waals surface area contributed by atoms with Crippen LogP contribution in [0.1, 0.15) is 39.0 Å². The van der Waals surface area contributed by atoms with Crippen LogP contribution in [0.4, 0.5) is 0 Å². The molecule has 0 bridgehead atoms. The Bertz CT molecular complexity index is 367. The largest absolute Gasteiger partial charge is 0.371 e. The Morgan fingerprint density at radius 1 is 1.32 bits per heavy atom. The number of ether oxygens (including phenoxy) is 1. The lowest BCUT2D eigenvalue weighted by Crippen LogP contribution is -2.60. The molecule has 0 aromatic heterocycles. The van der Waals surface area contributed by atoms with Crippen molar-refractivity contribution >= 4 is 5.91 Å². The first-order valence-corrected chi connectivity index (χ1v) is 7.81. The minimum Gasteiger partial charge on any atom is -0.371 e. The SMILES string of the molecule is CC1C[N+](C)(C(=O)C(N)C2CCCC2)C2CCOC12. The van der Waals surface area contributed by atoms with Crippen LogP contribution in [-0.2, 0) is 9.53 Å². The first kappa shape index (κ1) is 13.5. The van der Waals surface area contributed by atoms with Crippen molar-refractivity contribution in [3.05, 3.63) is 0 Å². The Hall–Kier alpha value is -0.450. The summed E-state index contributed by atoms with van der Waals surface area (Å²) in [5.74, 6) is 1.15. The molecule has 5 unspecified atom stereocenters. The van der Waals surface area contributed by atoms with Crippen LogP contribution in [0.25, 0.3) is 0 Å². The zero-order chi connectivity index (χ0) is 13.6. The summed E-state index contributed by atoms with van der Waals surface area (Å²) in [6.07, 6.45) is 6.01. The number of quaternary nitrogens is 1. The smallest absolute Gasteiger partial charge is 0.330 e. The molecular weight excluding hydrogens is 240 g/mol. The molecule has 19 heavy (non-hydrogen) atoms. The maximum absolute atomic E-state index is 12.9. The monoisotopic (exact) mass is 267 g/mol. The number of carbonyl (C=O) groups excluding carboxylic acids is 1. The zero-order valence-electron chi connectivity index (χ0n) is 12.2. The van der Waals surface area contributed by atoms with Crippen molar-refractivity contribution in [3.63, 3.8) is 0 Å². The zero-order valence-corrected chi connectivity index (χ0v) is 12.2. The van der Waals surface area contributed by atoms with Crippen LogP contribution in [0.5, 0.6) is 0 Å². The summed E-state index contributed by atoms with van der Waals surface area (Å²) < 4.78 is 6.35. The summed E-state index contributed by atoms with van der Waals surface area (Å²) in [4.78, 5) is 12.9. The van der Waals surface area contributed by atoms with Crippen LogP contribution in [0, 0.1) is 11.8 Å². The average molecular weight is 267 g/mol. The molecule has 2 aliphatic heterocycles. The van der Waals surface area contributed by atoms with Gasteiger partial charge in [-0.3, -0.25) is 4.48 Å². The predicted molar refractivity (Wildman–Crippen MR) is 73.3 cm³/mol. The molecule has 2 N–H and O–H groups in total. The van der Waals surface area contributed by atoms with Crippen molar-refractivity contribution in [2.24, 2.45) is 17.6 Å². The van der Waals surface area contributed by atoms with Gasteiger partial charge in [-0.05, 0) is 18.8 Å². The molecule has 1 saturated carbocycles. The van der Waals surface area contributed by atoms with E-state index in [1.807, 2.05) is 0 Å². The molecule has 2 saturated heterocycles. The first-order valence-electron chi connectivity index (χ1n) is 7.81. The van der Waals surface area contributed by atoms with E-state index in [1.165, 1.54) is 12.8 Å². The van der Waals surface area contributed by atoms with Gasteiger partial charge in [-0.2, -0.15) is 0 Å². The molecule has 2 heterocycles. The molecule has 5 atom stereocenters. The van der Waals surface area contributed by atoms with Gasteiger partial charge in [-0.15, -0.1) is 0 Å². The molecule has 4 heteroatoms. The number of nitrogens with zero attached hydrogens (tertiary/aromatic N) is 1. The fourth-order valence-corrected chi connectivity index (χ4v) is 4.70. The van der Waals surface area contributed by atoms with Crippen molar-refractivity contribution < 1.29 is 14.0 Å². The second-order valence-corrected chi connectivity index (χ2v) is 7.03. The number of amides is 1. The number of nitrogens with two attached hydrogens (primary N) is 1. The molecule has 0 aromatic carbocycles. The summed E-state index contributed by atoms with van der Waals surface area (Å²) in [7, 11) is 2.09. The Morgan fingerprint density at radius 3 is 2.68 bits per heavy atom. The molecule has 1 aliphatic carbocycles. The predicted octanol–water partition coefficient (Wildman–Crippen LogP) is 1.28. The molecule has 3 fully saturated rings. The van der Waals surface area contributed by atoms with E-state index in [9.17, 15) is 4.79 Å². The van der Waals surface area contributed by atoms with Crippen molar-refractivity contribution in [2.75, 3.05) is 20.2 Å². The van der Waals surface area contributed by atoms with Gasteiger partial charge in [0.2, 0.25) is 0 Å². The molecule has 0 spiro atoms. The lowest BCUT2D eigenvalue weighted by molar-refractivity contribution is -0.849. The number of rotatable bonds is 2. The van der Waals surface area contributed by atoms with Crippen LogP contribution in [0.2, 0.25) is 0 Å². The molecule has 1 amide bonds. The van der Waals surface area contributed by atoms with Gasteiger partial charge in [-0.25, -0.2) is 4.79 Å². The summed E-state index contributed by atoms with van der Waals surface area (Å²) in [6.45, 7) is 3.91. The highest BCUT2D eigenvalue weighted by atomic mass is 16.5. The quantitative estimate of drug-likeness (QED) is 0.767. The summed E-state index contributed by atoms with van der Waals surface area (Å²) in [5.41, 5.74) is 6.31. The Labute approximate surface area is 115 Å². The standard InChI is InChI=1S/C15H27N2O2/c1-10-9-17(2,12-7-8-19-14(10)12)15(18)13(16)11-5-3-4-6-11/h10-14H,3-9,16H2,1-2H3/q+1. The van der Waals surface area contributed by atoms with Gasteiger partial charge in [0.15, 0.2) is 0 Å². The molecule has 0 radical (unpaired) electrons. The lowest BCUT2D eigenvalue weighted by atomic mass is 9.96. The highest BCUT2D eigenvalue weighted by Gasteiger charge is 2.58. The van der Waals surface area contributed by atoms with Gasteiger partial charge in [0.25, 0.3) is 0 Å². The van der Waals surface area contributed by atoms with Gasteiger partial charge in [0, 0.05) is 12.3 Å². The number of carbonyl (C=O) groups is 1. The Kier molecular flexibility index (Phi) is 3.44. The topological polar surface area (TPSA) is 52.3 Å². The number of hydrogen-bond donors (Lipinski definition) is 1. The van der Waals surface area contributed by atoms with Crippen molar-refractivity contribution in [3.8, 4) is 0 Å². The van der Waals surface area contributed by atoms with E-state index in [1.54, 1.807) is 0 Å². The van der Waals surface area contributed by atoms with Crippen LogP contribution in [0.3, 0.4) is 0 Å². The normalized spacial score (nSPS) is 44.5. The van der Waals surface area contributed by atoms with Crippen LogP contribution in [-0.4, -0.2) is 48.8 Å². The Morgan fingerprint density at radius 2 is 2.00 bits per heavy atom. The maximum Gasteiger partial charge on any atom is 0.330 e. The van der Waals surface area contributed by atoms with Crippen molar-refractivity contribution in [1.29, 1.82) is 0 Å². The molecule has 0 aromatic rings. The number of fused-ring (bicyclic) bond motifs is 1. The van der Waals surface area contributed by atoms with Gasteiger partial charge >= 0.3 is 5.91 Å². The highest BCUT2D eigenvalue weighted by Crippen LogP contribution is 2.39. The maximum atomic E-state index is 12.9. The van der Waals surface area contributed by atoms with Crippen LogP contribution in [0.15, 0.2) is 0 Å². The number of hydrogen-bond acceptors (Lipinski definition) is 3. The van der Waals surface area contributed by atoms with E-state index in [2.05, 4.69) is 14.0 Å². The van der Waals surface area contributed by atoms with Gasteiger partial charge in [0.05, 0.1) is 20.2 Å². The molecule has 4 nitrogen and oxygen atoms in total. The summed E-state index contributed by atoms with van der Waals surface area (Å²) >= 11 is 0. The molecule has 108 valence electrons. The third-order valence-corrected chi connectivity index (χ3v) is 5.76. The first-order chi connectivity index (χ1) is 9.04. The Balaban J connectivity index is 1.78. The van der Waals surface area contributed by atoms with Gasteiger partial charge in [-0.1, -0.05) is 19.8 Å². The number of likely N-dealkylation sites (tertiary alicyclic amines) is 1. The van der Waals surface area contributed by atoms with Crippen LogP contribution >= 0.6 is 0 Å². The fourth-order valence-electron chi connectivity index (χ4n) is 4.70. The van der Waals surface area contributed by atoms with Crippen molar-refractivity contribution in [2.45, 2.75) is 57.2 Å². The highest BCUT2D eigenvalue weighted by molar-refractivity contribution is 5.76. The average Bonchev–Trinajstić information content (AvgIpc) is 3.08. The summed E-state index contributed by atoms with van der Waals surface area (Å²) in [5, 5.41) is 0. The van der Waals surface area contributed by atoms with E-state index in [4.69, 9.17) is 10.5 Å². The van der Waals surface area contributed by atoms with Gasteiger partial charge in [0.1, 0.15) is 18.2 Å². The van der Waals surface area contributed by atoms with Crippen molar-refractivity contribution in [1.82, 2.24) is 0 Å². The third kappa shape index (κ3) is 2.05. The minimum absolute atomic E-state index is 0.261.